The summed E-state index contributed by atoms with van der Waals surface area (Å²) in [5.41, 5.74) is -0.192. The topological polar surface area (TPSA) is 88.1 Å². The molecule has 2 aromatic heterocycles. The number of fused-ring (bicyclic) bond motifs is 1. The van der Waals surface area contributed by atoms with Crippen LogP contribution in [0.25, 0.3) is 4.96 Å². The standard InChI is InChI=1S/C19H18Cl2N4O3S/c20-13-4-3-11(7-14(13)21)8-22-17(27)15-16(26)18(28)25-10-12(29-19(25)23-15)9-24-5-1-2-6-24/h3-4,7,10,26H,1-2,5-6,8-9H2,(H,22,27)/p+1. The van der Waals surface area contributed by atoms with Crippen molar-refractivity contribution in [3.05, 3.63) is 60.9 Å². The molecule has 3 N–H and O–H groups in total. The van der Waals surface area contributed by atoms with Gasteiger partial charge in [-0.3, -0.25) is 14.0 Å². The van der Waals surface area contributed by atoms with E-state index in [1.54, 1.807) is 24.4 Å². The van der Waals surface area contributed by atoms with Crippen molar-refractivity contribution < 1.29 is 14.8 Å². The van der Waals surface area contributed by atoms with Crippen molar-refractivity contribution in [3.8, 4) is 5.75 Å². The van der Waals surface area contributed by atoms with Crippen LogP contribution >= 0.6 is 34.5 Å². The maximum Gasteiger partial charge on any atom is 0.301 e. The largest absolute Gasteiger partial charge is 0.501 e. The molecular formula is C19H19Cl2N4O3S+. The molecule has 0 radical (unpaired) electrons. The van der Waals surface area contributed by atoms with Crippen LogP contribution in [0.15, 0.2) is 29.2 Å². The van der Waals surface area contributed by atoms with E-state index >= 15 is 0 Å². The highest BCUT2D eigenvalue weighted by Gasteiger charge is 2.22. The molecular weight excluding hydrogens is 435 g/mol. The van der Waals surface area contributed by atoms with Crippen LogP contribution in [0.2, 0.25) is 10.0 Å². The van der Waals surface area contributed by atoms with E-state index in [1.807, 2.05) is 0 Å². The van der Waals surface area contributed by atoms with Gasteiger partial charge in [-0.05, 0) is 17.7 Å². The number of carbonyl (C=O) groups excluding carboxylic acids is 1. The summed E-state index contributed by atoms with van der Waals surface area (Å²) in [4.78, 5) is 32.1. The number of aromatic nitrogens is 2. The third-order valence-corrected chi connectivity index (χ3v) is 6.66. The number of rotatable bonds is 5. The predicted molar refractivity (Wildman–Crippen MR) is 112 cm³/mol. The van der Waals surface area contributed by atoms with E-state index in [9.17, 15) is 14.7 Å². The highest BCUT2D eigenvalue weighted by molar-refractivity contribution is 7.17. The van der Waals surface area contributed by atoms with Crippen LogP contribution in [-0.2, 0) is 13.1 Å². The molecule has 152 valence electrons. The third kappa shape index (κ3) is 4.25. The molecule has 4 rings (SSSR count). The molecule has 1 amide bonds. The van der Waals surface area contributed by atoms with E-state index in [0.717, 1.165) is 30.1 Å². The van der Waals surface area contributed by atoms with Crippen molar-refractivity contribution in [2.24, 2.45) is 0 Å². The molecule has 10 heteroatoms. The molecule has 0 unspecified atom stereocenters. The average Bonchev–Trinajstić information content (AvgIpc) is 3.35. The Balaban J connectivity index is 1.55. The number of hydrogen-bond acceptors (Lipinski definition) is 5. The molecule has 3 heterocycles. The molecule has 3 aromatic rings. The van der Waals surface area contributed by atoms with Gasteiger partial charge in [0.2, 0.25) is 5.75 Å². The number of benzene rings is 1. The van der Waals surface area contributed by atoms with Crippen LogP contribution < -0.4 is 15.8 Å². The highest BCUT2D eigenvalue weighted by atomic mass is 35.5. The first-order valence-corrected chi connectivity index (χ1v) is 10.8. The SMILES string of the molecule is O=C(NCc1ccc(Cl)c(Cl)c1)c1nc2sc(C[NH+]3CCCC3)cn2c(=O)c1O. The molecule has 0 aliphatic carbocycles. The van der Waals surface area contributed by atoms with Crippen molar-refractivity contribution in [2.75, 3.05) is 13.1 Å². The van der Waals surface area contributed by atoms with Gasteiger partial charge in [0.05, 0.1) is 28.0 Å². The number of halogens is 2. The number of quaternary nitrogens is 1. The van der Waals surface area contributed by atoms with Gasteiger partial charge in [0.25, 0.3) is 5.91 Å². The third-order valence-electron chi connectivity index (χ3n) is 4.94. The Kier molecular flexibility index (Phi) is 5.78. The van der Waals surface area contributed by atoms with E-state index in [0.29, 0.717) is 15.0 Å². The maximum absolute atomic E-state index is 12.5. The first-order chi connectivity index (χ1) is 13.9. The number of amides is 1. The minimum absolute atomic E-state index is 0.157. The number of nitrogens with zero attached hydrogens (tertiary/aromatic N) is 2. The Morgan fingerprint density at radius 3 is 2.76 bits per heavy atom. The van der Waals surface area contributed by atoms with Gasteiger partial charge in [-0.1, -0.05) is 40.6 Å². The van der Waals surface area contributed by atoms with Crippen LogP contribution in [0.5, 0.6) is 5.75 Å². The average molecular weight is 454 g/mol. The van der Waals surface area contributed by atoms with Gasteiger partial charge >= 0.3 is 5.56 Å². The van der Waals surface area contributed by atoms with Crippen LogP contribution in [0, 0.1) is 0 Å². The van der Waals surface area contributed by atoms with Gasteiger partial charge < -0.3 is 15.3 Å². The number of hydrogen-bond donors (Lipinski definition) is 3. The number of nitrogens with one attached hydrogen (secondary N) is 2. The Bertz CT molecular complexity index is 1140. The Morgan fingerprint density at radius 1 is 1.28 bits per heavy atom. The smallest absolute Gasteiger partial charge is 0.301 e. The second-order valence-electron chi connectivity index (χ2n) is 7.03. The number of likely N-dealkylation sites (tertiary alicyclic amines) is 1. The molecule has 1 aromatic carbocycles. The van der Waals surface area contributed by atoms with Gasteiger partial charge in [0.15, 0.2) is 10.7 Å². The van der Waals surface area contributed by atoms with Crippen LogP contribution in [0.4, 0.5) is 0 Å². The summed E-state index contributed by atoms with van der Waals surface area (Å²) in [5, 5.41) is 13.7. The molecule has 1 saturated heterocycles. The normalized spacial score (nSPS) is 14.6. The van der Waals surface area contributed by atoms with Crippen molar-refractivity contribution in [3.63, 3.8) is 0 Å². The molecule has 0 atom stereocenters. The Morgan fingerprint density at radius 2 is 2.03 bits per heavy atom. The van der Waals surface area contributed by atoms with Gasteiger partial charge in [-0.15, -0.1) is 0 Å². The summed E-state index contributed by atoms with van der Waals surface area (Å²) in [6.45, 7) is 3.20. The minimum atomic E-state index is -0.660. The monoisotopic (exact) mass is 453 g/mol. The first kappa shape index (κ1) is 20.2. The number of aromatic hydroxyl groups is 1. The molecule has 0 bridgehead atoms. The number of thiazole rings is 1. The van der Waals surface area contributed by atoms with E-state index in [1.165, 1.54) is 33.5 Å². The summed E-state index contributed by atoms with van der Waals surface area (Å²) >= 11 is 13.2. The van der Waals surface area contributed by atoms with E-state index in [-0.39, 0.29) is 12.2 Å². The highest BCUT2D eigenvalue weighted by Crippen LogP contribution is 2.23. The maximum atomic E-state index is 12.5. The first-order valence-electron chi connectivity index (χ1n) is 9.22. The lowest BCUT2D eigenvalue weighted by molar-refractivity contribution is -0.901. The molecule has 1 fully saturated rings. The molecule has 1 aliphatic heterocycles. The van der Waals surface area contributed by atoms with Gasteiger partial charge in [-0.2, -0.15) is 0 Å². The zero-order chi connectivity index (χ0) is 20.5. The van der Waals surface area contributed by atoms with Gasteiger partial charge in [-0.25, -0.2) is 4.98 Å². The Hall–Kier alpha value is -2.13. The van der Waals surface area contributed by atoms with E-state index in [2.05, 4.69) is 10.3 Å². The van der Waals surface area contributed by atoms with Crippen molar-refractivity contribution in [1.29, 1.82) is 0 Å². The van der Waals surface area contributed by atoms with Gasteiger partial charge in [0, 0.05) is 25.6 Å². The van der Waals surface area contributed by atoms with Crippen molar-refractivity contribution in [1.82, 2.24) is 14.7 Å². The fourth-order valence-electron chi connectivity index (χ4n) is 3.43. The van der Waals surface area contributed by atoms with Crippen LogP contribution in [0.1, 0.15) is 33.8 Å². The van der Waals surface area contributed by atoms with Crippen LogP contribution in [-0.4, -0.2) is 33.5 Å². The molecule has 0 spiro atoms. The predicted octanol–water partition coefficient (Wildman–Crippen LogP) is 1.88. The molecule has 1 aliphatic rings. The van der Waals surface area contributed by atoms with Crippen LogP contribution in [0.3, 0.4) is 0 Å². The summed E-state index contributed by atoms with van der Waals surface area (Å²) in [5.74, 6) is -1.29. The van der Waals surface area contributed by atoms with E-state index in [4.69, 9.17) is 23.2 Å². The van der Waals surface area contributed by atoms with Gasteiger partial charge in [0.1, 0.15) is 6.54 Å². The minimum Gasteiger partial charge on any atom is -0.501 e. The van der Waals surface area contributed by atoms with Crippen molar-refractivity contribution >= 4 is 45.4 Å². The lowest BCUT2D eigenvalue weighted by Crippen LogP contribution is -3.08. The molecule has 29 heavy (non-hydrogen) atoms. The second kappa shape index (κ2) is 8.31. The second-order valence-corrected chi connectivity index (χ2v) is 8.94. The summed E-state index contributed by atoms with van der Waals surface area (Å²) in [7, 11) is 0. The molecule has 7 nitrogen and oxygen atoms in total. The lowest BCUT2D eigenvalue weighted by Gasteiger charge is -2.09. The summed E-state index contributed by atoms with van der Waals surface area (Å²) < 4.78 is 1.31. The fraction of sp³-hybridized carbons (Fsp3) is 0.316. The fourth-order valence-corrected chi connectivity index (χ4v) is 4.79. The quantitative estimate of drug-likeness (QED) is 0.550. The Labute approximate surface area is 180 Å². The zero-order valence-corrected chi connectivity index (χ0v) is 17.7. The lowest BCUT2D eigenvalue weighted by atomic mass is 10.2. The number of carbonyl (C=O) groups is 1. The van der Waals surface area contributed by atoms with Crippen molar-refractivity contribution in [2.45, 2.75) is 25.9 Å². The molecule has 0 saturated carbocycles. The zero-order valence-electron chi connectivity index (χ0n) is 15.4. The summed E-state index contributed by atoms with van der Waals surface area (Å²) in [6.07, 6.45) is 4.13. The van der Waals surface area contributed by atoms with E-state index < -0.39 is 17.2 Å². The summed E-state index contributed by atoms with van der Waals surface area (Å²) in [6, 6.07) is 5.00.